The summed E-state index contributed by atoms with van der Waals surface area (Å²) >= 11 is 0. The number of amides is 2. The molecule has 1 aromatic rings. The zero-order valence-corrected chi connectivity index (χ0v) is 17.4. The molecule has 1 N–H and O–H groups in total. The van der Waals surface area contributed by atoms with Crippen molar-refractivity contribution < 1.29 is 14.5 Å². The van der Waals surface area contributed by atoms with Crippen LogP contribution in [-0.4, -0.2) is 54.9 Å². The summed E-state index contributed by atoms with van der Waals surface area (Å²) in [6.07, 6.45) is 2.60. The summed E-state index contributed by atoms with van der Waals surface area (Å²) in [6, 6.07) is 4.78. The summed E-state index contributed by atoms with van der Waals surface area (Å²) in [5.41, 5.74) is 0.847. The fraction of sp³-hybridized carbons (Fsp3) is 0.619. The standard InChI is InChI=1S/C21H30N4O4/c1-14-9-15(2)12-24(11-14)18-7-6-16(10-19(18)25(28)29)21(27)23-8-4-5-17(13-23)20(26)22-3/h6-7,10,14-15,17H,4-5,8-9,11-13H2,1-3H3,(H,22,26)/t14-,15+,17-/m0/s1. The lowest BCUT2D eigenvalue weighted by molar-refractivity contribution is -0.384. The number of nitrogens with zero attached hydrogens (tertiary/aromatic N) is 3. The zero-order chi connectivity index (χ0) is 21.1. The second-order valence-corrected chi connectivity index (χ2v) is 8.52. The number of nitro groups is 1. The number of hydrogen-bond acceptors (Lipinski definition) is 5. The van der Waals surface area contributed by atoms with E-state index in [0.717, 1.165) is 32.4 Å². The van der Waals surface area contributed by atoms with Gasteiger partial charge in [0, 0.05) is 44.9 Å². The maximum absolute atomic E-state index is 13.0. The van der Waals surface area contributed by atoms with Crippen LogP contribution in [0.2, 0.25) is 0 Å². The van der Waals surface area contributed by atoms with Crippen molar-refractivity contribution in [1.82, 2.24) is 10.2 Å². The Balaban J connectivity index is 1.83. The summed E-state index contributed by atoms with van der Waals surface area (Å²) in [7, 11) is 1.59. The molecular formula is C21H30N4O4. The SMILES string of the molecule is CNC(=O)[C@H]1CCCN(C(=O)c2ccc(N3C[C@H](C)C[C@H](C)C3)c([N+](=O)[O-])c2)C1. The Hall–Kier alpha value is -2.64. The van der Waals surface area contributed by atoms with E-state index >= 15 is 0 Å². The fourth-order valence-electron chi connectivity index (χ4n) is 4.69. The molecule has 2 fully saturated rings. The number of rotatable bonds is 4. The summed E-state index contributed by atoms with van der Waals surface area (Å²) in [5, 5.41) is 14.4. The predicted molar refractivity (Wildman–Crippen MR) is 111 cm³/mol. The lowest BCUT2D eigenvalue weighted by Gasteiger charge is -2.36. The van der Waals surface area contributed by atoms with E-state index in [0.29, 0.717) is 36.2 Å². The predicted octanol–water partition coefficient (Wildman–Crippen LogP) is 2.68. The molecule has 2 saturated heterocycles. The van der Waals surface area contributed by atoms with Gasteiger partial charge in [-0.2, -0.15) is 0 Å². The van der Waals surface area contributed by atoms with Gasteiger partial charge in [-0.25, -0.2) is 0 Å². The maximum Gasteiger partial charge on any atom is 0.293 e. The van der Waals surface area contributed by atoms with E-state index in [4.69, 9.17) is 0 Å². The molecule has 8 heteroatoms. The highest BCUT2D eigenvalue weighted by Crippen LogP contribution is 2.34. The quantitative estimate of drug-likeness (QED) is 0.617. The molecule has 2 amide bonds. The van der Waals surface area contributed by atoms with Crippen molar-refractivity contribution in [2.45, 2.75) is 33.1 Å². The van der Waals surface area contributed by atoms with Crippen molar-refractivity contribution in [1.29, 1.82) is 0 Å². The molecule has 0 saturated carbocycles. The molecule has 158 valence electrons. The van der Waals surface area contributed by atoms with E-state index in [1.54, 1.807) is 24.1 Å². The molecule has 0 unspecified atom stereocenters. The topological polar surface area (TPSA) is 95.8 Å². The summed E-state index contributed by atoms with van der Waals surface area (Å²) in [5.74, 6) is 0.374. The van der Waals surface area contributed by atoms with Gasteiger partial charge in [-0.1, -0.05) is 13.8 Å². The minimum Gasteiger partial charge on any atom is -0.365 e. The average Bonchev–Trinajstić information content (AvgIpc) is 2.71. The van der Waals surface area contributed by atoms with Crippen LogP contribution in [0.25, 0.3) is 0 Å². The van der Waals surface area contributed by atoms with Crippen LogP contribution < -0.4 is 10.2 Å². The number of hydrogen-bond donors (Lipinski definition) is 1. The van der Waals surface area contributed by atoms with Crippen molar-refractivity contribution >= 4 is 23.2 Å². The molecule has 2 aliphatic heterocycles. The molecule has 0 aliphatic carbocycles. The number of anilines is 1. The molecule has 0 aromatic heterocycles. The van der Waals surface area contributed by atoms with Crippen LogP contribution in [0.4, 0.5) is 11.4 Å². The van der Waals surface area contributed by atoms with Crippen LogP contribution in [0.5, 0.6) is 0 Å². The molecule has 3 atom stereocenters. The first kappa shape index (κ1) is 21.1. The van der Waals surface area contributed by atoms with Gasteiger partial charge in [-0.3, -0.25) is 19.7 Å². The average molecular weight is 402 g/mol. The van der Waals surface area contributed by atoms with E-state index in [2.05, 4.69) is 24.1 Å². The van der Waals surface area contributed by atoms with E-state index in [9.17, 15) is 19.7 Å². The van der Waals surface area contributed by atoms with Gasteiger partial charge in [0.25, 0.3) is 11.6 Å². The maximum atomic E-state index is 13.0. The molecule has 0 radical (unpaired) electrons. The second-order valence-electron chi connectivity index (χ2n) is 8.52. The molecule has 8 nitrogen and oxygen atoms in total. The lowest BCUT2D eigenvalue weighted by atomic mass is 9.91. The Morgan fingerprint density at radius 2 is 1.86 bits per heavy atom. The number of nitrogens with one attached hydrogen (secondary N) is 1. The van der Waals surface area contributed by atoms with Gasteiger partial charge >= 0.3 is 0 Å². The highest BCUT2D eigenvalue weighted by molar-refractivity contribution is 5.96. The monoisotopic (exact) mass is 402 g/mol. The summed E-state index contributed by atoms with van der Waals surface area (Å²) in [4.78, 5) is 40.0. The van der Waals surface area contributed by atoms with Gasteiger partial charge in [0.05, 0.1) is 10.8 Å². The first-order valence-corrected chi connectivity index (χ1v) is 10.3. The van der Waals surface area contributed by atoms with Crippen LogP contribution >= 0.6 is 0 Å². The van der Waals surface area contributed by atoms with Crippen LogP contribution in [-0.2, 0) is 4.79 Å². The van der Waals surface area contributed by atoms with Gasteiger partial charge in [-0.15, -0.1) is 0 Å². The Morgan fingerprint density at radius 1 is 1.17 bits per heavy atom. The molecule has 1 aromatic carbocycles. The minimum atomic E-state index is -0.403. The zero-order valence-electron chi connectivity index (χ0n) is 17.4. The fourth-order valence-corrected chi connectivity index (χ4v) is 4.69. The number of nitro benzene ring substituents is 1. The van der Waals surface area contributed by atoms with Crippen LogP contribution in [0.3, 0.4) is 0 Å². The normalized spacial score (nSPS) is 24.9. The van der Waals surface area contributed by atoms with Gasteiger partial charge in [-0.05, 0) is 43.2 Å². The molecule has 29 heavy (non-hydrogen) atoms. The first-order chi connectivity index (χ1) is 13.8. The first-order valence-electron chi connectivity index (χ1n) is 10.3. The summed E-state index contributed by atoms with van der Waals surface area (Å²) in [6.45, 7) is 6.77. The van der Waals surface area contributed by atoms with E-state index in [-0.39, 0.29) is 23.4 Å². The van der Waals surface area contributed by atoms with Crippen LogP contribution in [0, 0.1) is 27.9 Å². The minimum absolute atomic E-state index is 0.0305. The van der Waals surface area contributed by atoms with Gasteiger partial charge < -0.3 is 15.1 Å². The second kappa shape index (κ2) is 8.80. The molecule has 0 bridgehead atoms. The van der Waals surface area contributed by atoms with Gasteiger partial charge in [0.1, 0.15) is 5.69 Å². The van der Waals surface area contributed by atoms with Crippen molar-refractivity contribution in [2.24, 2.45) is 17.8 Å². The van der Waals surface area contributed by atoms with Crippen LogP contribution in [0.15, 0.2) is 18.2 Å². The Labute approximate surface area is 171 Å². The summed E-state index contributed by atoms with van der Waals surface area (Å²) < 4.78 is 0. The third kappa shape index (κ3) is 4.68. The molecule has 3 rings (SSSR count). The molecule has 2 heterocycles. The van der Waals surface area contributed by atoms with Crippen molar-refractivity contribution in [3.8, 4) is 0 Å². The van der Waals surface area contributed by atoms with E-state index < -0.39 is 4.92 Å². The van der Waals surface area contributed by atoms with E-state index in [1.165, 1.54) is 6.07 Å². The Bertz CT molecular complexity index is 787. The van der Waals surface area contributed by atoms with Crippen molar-refractivity contribution in [3.05, 3.63) is 33.9 Å². The highest BCUT2D eigenvalue weighted by atomic mass is 16.6. The smallest absolute Gasteiger partial charge is 0.293 e. The third-order valence-electron chi connectivity index (χ3n) is 5.95. The largest absolute Gasteiger partial charge is 0.365 e. The third-order valence-corrected chi connectivity index (χ3v) is 5.95. The number of carbonyl (C=O) groups is 2. The number of likely N-dealkylation sites (tertiary alicyclic amines) is 1. The Kier molecular flexibility index (Phi) is 6.39. The molecule has 0 spiro atoms. The molecule has 2 aliphatic rings. The number of piperidine rings is 2. The van der Waals surface area contributed by atoms with Gasteiger partial charge in [0.2, 0.25) is 5.91 Å². The van der Waals surface area contributed by atoms with Gasteiger partial charge in [0.15, 0.2) is 0 Å². The van der Waals surface area contributed by atoms with E-state index in [1.807, 2.05) is 0 Å². The molecular weight excluding hydrogens is 372 g/mol. The Morgan fingerprint density at radius 3 is 2.48 bits per heavy atom. The number of benzene rings is 1. The lowest BCUT2D eigenvalue weighted by Crippen LogP contribution is -2.44. The van der Waals surface area contributed by atoms with Crippen molar-refractivity contribution in [3.63, 3.8) is 0 Å². The highest BCUT2D eigenvalue weighted by Gasteiger charge is 2.31. The van der Waals surface area contributed by atoms with Crippen molar-refractivity contribution in [2.75, 3.05) is 38.1 Å². The van der Waals surface area contributed by atoms with Crippen LogP contribution in [0.1, 0.15) is 43.5 Å². The number of carbonyl (C=O) groups excluding carboxylic acids is 2.